The number of amides is 3. The molecule has 8 heteroatoms. The molecule has 0 fully saturated rings. The van der Waals surface area contributed by atoms with E-state index in [2.05, 4.69) is 0 Å². The molecule has 0 aromatic heterocycles. The zero-order valence-corrected chi connectivity index (χ0v) is 13.0. The predicted octanol–water partition coefficient (Wildman–Crippen LogP) is 1.04. The Balaban J connectivity index is 2.31. The van der Waals surface area contributed by atoms with Gasteiger partial charge in [0.15, 0.2) is 0 Å². The van der Waals surface area contributed by atoms with E-state index in [0.717, 1.165) is 11.0 Å². The van der Waals surface area contributed by atoms with Gasteiger partial charge in [-0.15, -0.1) is 0 Å². The number of carbonyl (C=O) groups is 3. The maximum absolute atomic E-state index is 14.3. The molecule has 0 aliphatic heterocycles. The maximum Gasteiger partial charge on any atom is 0.257 e. The molecule has 0 radical (unpaired) electrons. The number of nitrogens with two attached hydrogens (primary N) is 2. The van der Waals surface area contributed by atoms with Gasteiger partial charge in [0, 0.05) is 0 Å². The molecule has 2 aromatic carbocycles. The van der Waals surface area contributed by atoms with E-state index in [1.54, 1.807) is 0 Å². The quantitative estimate of drug-likeness (QED) is 0.815. The lowest BCUT2D eigenvalue weighted by molar-refractivity contribution is -0.121. The summed E-state index contributed by atoms with van der Waals surface area (Å²) in [4.78, 5) is 35.2. The molecule has 0 atom stereocenters. The third-order valence-electron chi connectivity index (χ3n) is 3.36. The Kier molecular flexibility index (Phi) is 5.43. The summed E-state index contributed by atoms with van der Waals surface area (Å²) in [7, 11) is 0. The largest absolute Gasteiger partial charge is 0.368 e. The number of benzene rings is 2. The molecule has 0 bridgehead atoms. The lowest BCUT2D eigenvalue weighted by Crippen LogP contribution is -2.43. The van der Waals surface area contributed by atoms with E-state index in [1.165, 1.54) is 36.4 Å². The Morgan fingerprint density at radius 1 is 0.840 bits per heavy atom. The number of primary amides is 2. The molecule has 0 saturated heterocycles. The summed E-state index contributed by atoms with van der Waals surface area (Å²) in [5.41, 5.74) is 10.7. The molecule has 0 aliphatic carbocycles. The van der Waals surface area contributed by atoms with Gasteiger partial charge in [-0.25, -0.2) is 8.78 Å². The van der Waals surface area contributed by atoms with Gasteiger partial charge in [-0.2, -0.15) is 0 Å². The molecule has 4 N–H and O–H groups in total. The van der Waals surface area contributed by atoms with Gasteiger partial charge in [-0.05, 0) is 35.4 Å². The van der Waals surface area contributed by atoms with Crippen molar-refractivity contribution in [3.8, 4) is 11.1 Å². The van der Waals surface area contributed by atoms with E-state index in [4.69, 9.17) is 11.5 Å². The van der Waals surface area contributed by atoms with Gasteiger partial charge in [-0.1, -0.05) is 18.2 Å². The molecule has 0 unspecified atom stereocenters. The van der Waals surface area contributed by atoms with Crippen LogP contribution in [-0.4, -0.2) is 35.7 Å². The standard InChI is InChI=1S/C17H15F2N3O3/c18-12-4-1-10(2-5-12)11-3-6-13(14(19)7-11)17(25)22(8-15(20)23)9-16(21)24/h1-7H,8-9H2,(H2,20,23)(H2,21,24). The van der Waals surface area contributed by atoms with Gasteiger partial charge < -0.3 is 16.4 Å². The fourth-order valence-electron chi connectivity index (χ4n) is 2.26. The van der Waals surface area contributed by atoms with Crippen LogP contribution in [0.15, 0.2) is 42.5 Å². The van der Waals surface area contributed by atoms with Crippen LogP contribution in [0.1, 0.15) is 10.4 Å². The first kappa shape index (κ1) is 18.1. The lowest BCUT2D eigenvalue weighted by atomic mass is 10.0. The third kappa shape index (κ3) is 4.60. The molecule has 0 spiro atoms. The Labute approximate surface area is 142 Å². The number of hydrogen-bond acceptors (Lipinski definition) is 3. The van der Waals surface area contributed by atoms with E-state index in [1.807, 2.05) is 0 Å². The molecule has 3 amide bonds. The highest BCUT2D eigenvalue weighted by atomic mass is 19.1. The SMILES string of the molecule is NC(=O)CN(CC(N)=O)C(=O)c1ccc(-c2ccc(F)cc2)cc1F. The first-order valence-electron chi connectivity index (χ1n) is 7.19. The summed E-state index contributed by atoms with van der Waals surface area (Å²) in [6, 6.07) is 9.19. The van der Waals surface area contributed by atoms with Gasteiger partial charge in [0.25, 0.3) is 5.91 Å². The van der Waals surface area contributed by atoms with Crippen LogP contribution in [0.5, 0.6) is 0 Å². The number of halogens is 2. The van der Waals surface area contributed by atoms with Crippen molar-refractivity contribution in [1.82, 2.24) is 4.90 Å². The fourth-order valence-corrected chi connectivity index (χ4v) is 2.26. The minimum Gasteiger partial charge on any atom is -0.368 e. The number of rotatable bonds is 6. The Hall–Kier alpha value is -3.29. The molecule has 130 valence electrons. The van der Waals surface area contributed by atoms with Crippen molar-refractivity contribution in [2.24, 2.45) is 11.5 Å². The van der Waals surface area contributed by atoms with Crippen LogP contribution >= 0.6 is 0 Å². The molecular weight excluding hydrogens is 332 g/mol. The van der Waals surface area contributed by atoms with E-state index in [-0.39, 0.29) is 5.56 Å². The first-order chi connectivity index (χ1) is 11.8. The highest BCUT2D eigenvalue weighted by Gasteiger charge is 2.22. The second-order valence-electron chi connectivity index (χ2n) is 5.30. The first-order valence-corrected chi connectivity index (χ1v) is 7.19. The summed E-state index contributed by atoms with van der Waals surface area (Å²) in [6.45, 7) is -1.14. The molecule has 2 aromatic rings. The molecule has 0 aliphatic rings. The Morgan fingerprint density at radius 2 is 1.36 bits per heavy atom. The summed E-state index contributed by atoms with van der Waals surface area (Å²) in [5.74, 6) is -3.90. The van der Waals surface area contributed by atoms with Gasteiger partial charge in [0.05, 0.1) is 5.56 Å². The molecule has 6 nitrogen and oxygen atoms in total. The molecule has 0 heterocycles. The zero-order valence-electron chi connectivity index (χ0n) is 13.0. The van der Waals surface area contributed by atoms with Crippen LogP contribution < -0.4 is 11.5 Å². The molecule has 2 rings (SSSR count). The minimum atomic E-state index is -0.888. The van der Waals surface area contributed by atoms with Gasteiger partial charge in [0.1, 0.15) is 24.7 Å². The molecular formula is C17H15F2N3O3. The monoisotopic (exact) mass is 347 g/mol. The third-order valence-corrected chi connectivity index (χ3v) is 3.36. The average molecular weight is 347 g/mol. The van der Waals surface area contributed by atoms with E-state index >= 15 is 0 Å². The van der Waals surface area contributed by atoms with Crippen LogP contribution in [0.2, 0.25) is 0 Å². The van der Waals surface area contributed by atoms with Gasteiger partial charge in [0.2, 0.25) is 11.8 Å². The highest BCUT2D eigenvalue weighted by molar-refractivity contribution is 5.99. The van der Waals surface area contributed by atoms with E-state index < -0.39 is 42.4 Å². The van der Waals surface area contributed by atoms with Crippen LogP contribution in [0, 0.1) is 11.6 Å². The van der Waals surface area contributed by atoms with E-state index in [9.17, 15) is 23.2 Å². The Bertz CT molecular complexity index is 806. The molecule has 25 heavy (non-hydrogen) atoms. The van der Waals surface area contributed by atoms with Crippen molar-refractivity contribution in [2.45, 2.75) is 0 Å². The van der Waals surface area contributed by atoms with Crippen molar-refractivity contribution in [3.63, 3.8) is 0 Å². The lowest BCUT2D eigenvalue weighted by Gasteiger charge is -2.20. The smallest absolute Gasteiger partial charge is 0.257 e. The normalized spacial score (nSPS) is 10.3. The summed E-state index contributed by atoms with van der Waals surface area (Å²) >= 11 is 0. The highest BCUT2D eigenvalue weighted by Crippen LogP contribution is 2.23. The number of carbonyl (C=O) groups excluding carboxylic acids is 3. The number of nitrogens with zero attached hydrogens (tertiary/aromatic N) is 1. The summed E-state index contributed by atoms with van der Waals surface area (Å²) < 4.78 is 27.3. The fraction of sp³-hybridized carbons (Fsp3) is 0.118. The van der Waals surface area contributed by atoms with Crippen LogP contribution in [0.25, 0.3) is 11.1 Å². The predicted molar refractivity (Wildman–Crippen MR) is 86.1 cm³/mol. The average Bonchev–Trinajstić information content (AvgIpc) is 2.53. The van der Waals surface area contributed by atoms with Crippen molar-refractivity contribution in [1.29, 1.82) is 0 Å². The maximum atomic E-state index is 14.3. The zero-order chi connectivity index (χ0) is 18.6. The summed E-state index contributed by atoms with van der Waals surface area (Å²) in [5, 5.41) is 0. The van der Waals surface area contributed by atoms with Gasteiger partial charge in [-0.3, -0.25) is 14.4 Å². The van der Waals surface area contributed by atoms with Crippen LogP contribution in [0.3, 0.4) is 0 Å². The Morgan fingerprint density at radius 3 is 1.84 bits per heavy atom. The van der Waals surface area contributed by atoms with Crippen molar-refractivity contribution in [2.75, 3.05) is 13.1 Å². The number of hydrogen-bond donors (Lipinski definition) is 2. The van der Waals surface area contributed by atoms with Crippen LogP contribution in [0.4, 0.5) is 8.78 Å². The van der Waals surface area contributed by atoms with Crippen molar-refractivity contribution >= 4 is 17.7 Å². The van der Waals surface area contributed by atoms with Crippen molar-refractivity contribution < 1.29 is 23.2 Å². The van der Waals surface area contributed by atoms with Crippen molar-refractivity contribution in [3.05, 3.63) is 59.7 Å². The second kappa shape index (κ2) is 7.52. The molecule has 0 saturated carbocycles. The van der Waals surface area contributed by atoms with Crippen LogP contribution in [-0.2, 0) is 9.59 Å². The van der Waals surface area contributed by atoms with E-state index in [0.29, 0.717) is 11.1 Å². The second-order valence-corrected chi connectivity index (χ2v) is 5.30. The topological polar surface area (TPSA) is 106 Å². The van der Waals surface area contributed by atoms with Gasteiger partial charge >= 0.3 is 0 Å². The minimum absolute atomic E-state index is 0.339. The summed E-state index contributed by atoms with van der Waals surface area (Å²) in [6.07, 6.45) is 0.